The zero-order chi connectivity index (χ0) is 20.6. The van der Waals surface area contributed by atoms with E-state index in [0.717, 1.165) is 44.9 Å². The summed E-state index contributed by atoms with van der Waals surface area (Å²) >= 11 is 0. The van der Waals surface area contributed by atoms with E-state index in [1.165, 1.54) is 0 Å². The van der Waals surface area contributed by atoms with E-state index in [1.54, 1.807) is 6.92 Å². The Morgan fingerprint density at radius 1 is 0.630 bits per heavy atom. The average molecular weight is 371 g/mol. The smallest absolute Gasteiger partial charge is 0.132 e. The zero-order valence-electron chi connectivity index (χ0n) is 18.4. The molecule has 1 atom stereocenters. The number of allylic oxidation sites excluding steroid dienone is 12. The first-order chi connectivity index (χ1) is 13.2. The second-order valence-electron chi connectivity index (χ2n) is 6.16. The largest absolute Gasteiger partial charge is 0.300 e. The molecule has 0 aromatic heterocycles. The van der Waals surface area contributed by atoms with Crippen LogP contribution in [0.1, 0.15) is 79.6 Å². The fourth-order valence-corrected chi connectivity index (χ4v) is 1.99. The van der Waals surface area contributed by atoms with Gasteiger partial charge in [0.1, 0.15) is 5.78 Å². The highest BCUT2D eigenvalue weighted by atomic mass is 16.1. The highest BCUT2D eigenvalue weighted by Gasteiger charge is 2.03. The van der Waals surface area contributed by atoms with Crippen molar-refractivity contribution in [2.24, 2.45) is 5.92 Å². The van der Waals surface area contributed by atoms with Crippen molar-refractivity contribution in [1.82, 2.24) is 0 Å². The number of hydrogen-bond donors (Lipinski definition) is 0. The Bertz CT molecular complexity index is 486. The molecule has 0 N–H and O–H groups in total. The Balaban J connectivity index is 0. The molecule has 0 fully saturated rings. The van der Waals surface area contributed by atoms with Crippen LogP contribution < -0.4 is 0 Å². The van der Waals surface area contributed by atoms with Gasteiger partial charge in [-0.05, 0) is 51.9 Å². The van der Waals surface area contributed by atoms with Gasteiger partial charge in [-0.3, -0.25) is 4.79 Å². The van der Waals surface area contributed by atoms with E-state index in [2.05, 4.69) is 79.8 Å². The van der Waals surface area contributed by atoms with E-state index >= 15 is 0 Å². The minimum atomic E-state index is 0.143. The highest BCUT2D eigenvalue weighted by molar-refractivity contribution is 5.77. The lowest BCUT2D eigenvalue weighted by Crippen LogP contribution is -2.03. The molecule has 27 heavy (non-hydrogen) atoms. The molecule has 0 saturated carbocycles. The fourth-order valence-electron chi connectivity index (χ4n) is 1.99. The molecule has 1 nitrogen and oxygen atoms in total. The number of Topliss-reactive ketones (excluding diaryl/α,β-unsaturated/α-hetero) is 1. The molecule has 0 aromatic rings. The average Bonchev–Trinajstić information content (AvgIpc) is 2.68. The van der Waals surface area contributed by atoms with Crippen molar-refractivity contribution in [2.45, 2.75) is 79.6 Å². The van der Waals surface area contributed by atoms with Crippen LogP contribution in [0.25, 0.3) is 0 Å². The zero-order valence-corrected chi connectivity index (χ0v) is 18.4. The number of carbonyl (C=O) groups is 1. The maximum Gasteiger partial charge on any atom is 0.132 e. The number of carbonyl (C=O) groups excluding carboxylic acids is 1. The molecule has 0 radical (unpaired) electrons. The van der Waals surface area contributed by atoms with Gasteiger partial charge in [-0.15, -0.1) is 0 Å². The van der Waals surface area contributed by atoms with Crippen LogP contribution in [0, 0.1) is 5.92 Å². The van der Waals surface area contributed by atoms with Gasteiger partial charge in [-0.25, -0.2) is 0 Å². The highest BCUT2D eigenvalue weighted by Crippen LogP contribution is 2.04. The number of hydrogen-bond acceptors (Lipinski definition) is 1. The van der Waals surface area contributed by atoms with Crippen LogP contribution >= 0.6 is 0 Å². The van der Waals surface area contributed by atoms with Crippen LogP contribution in [0.4, 0.5) is 0 Å². The molecule has 1 heteroatoms. The second-order valence-corrected chi connectivity index (χ2v) is 6.16. The molecule has 0 rings (SSSR count). The SMILES string of the molecule is CC.CC/C=C\C/C=C\C/C=C\C/C=C\C/C=C\C/C=C\CC(C)C(C)=O. The minimum absolute atomic E-state index is 0.143. The molecule has 152 valence electrons. The first-order valence-electron chi connectivity index (χ1n) is 10.6. The van der Waals surface area contributed by atoms with Gasteiger partial charge < -0.3 is 0 Å². The van der Waals surface area contributed by atoms with Gasteiger partial charge in [0.15, 0.2) is 0 Å². The summed E-state index contributed by atoms with van der Waals surface area (Å²) in [6.45, 7) is 9.79. The van der Waals surface area contributed by atoms with E-state index in [-0.39, 0.29) is 11.7 Å². The quantitative estimate of drug-likeness (QED) is 0.281. The van der Waals surface area contributed by atoms with E-state index in [4.69, 9.17) is 0 Å². The third-order valence-electron chi connectivity index (χ3n) is 3.78. The van der Waals surface area contributed by atoms with Gasteiger partial charge in [0.25, 0.3) is 0 Å². The van der Waals surface area contributed by atoms with Crippen LogP contribution in [0.2, 0.25) is 0 Å². The normalized spacial score (nSPS) is 13.5. The summed E-state index contributed by atoms with van der Waals surface area (Å²) < 4.78 is 0. The molecule has 0 spiro atoms. The monoisotopic (exact) mass is 370 g/mol. The Hall–Kier alpha value is -1.89. The van der Waals surface area contributed by atoms with Gasteiger partial charge >= 0.3 is 0 Å². The van der Waals surface area contributed by atoms with E-state index in [0.29, 0.717) is 0 Å². The molecule has 0 aliphatic carbocycles. The minimum Gasteiger partial charge on any atom is -0.300 e. The molecular weight excluding hydrogens is 328 g/mol. The maximum absolute atomic E-state index is 11.1. The molecule has 0 aliphatic rings. The predicted molar refractivity (Wildman–Crippen MR) is 124 cm³/mol. The van der Waals surface area contributed by atoms with Crippen molar-refractivity contribution in [2.75, 3.05) is 0 Å². The molecule has 0 bridgehead atoms. The van der Waals surface area contributed by atoms with Crippen LogP contribution in [0.3, 0.4) is 0 Å². The van der Waals surface area contributed by atoms with Crippen LogP contribution in [0.5, 0.6) is 0 Å². The Morgan fingerprint density at radius 3 is 1.22 bits per heavy atom. The molecule has 0 saturated heterocycles. The lowest BCUT2D eigenvalue weighted by atomic mass is 10.0. The lowest BCUT2D eigenvalue weighted by Gasteiger charge is -2.00. The van der Waals surface area contributed by atoms with Gasteiger partial charge in [0, 0.05) is 5.92 Å². The Labute approximate surface area is 169 Å². The van der Waals surface area contributed by atoms with Crippen LogP contribution in [-0.4, -0.2) is 5.78 Å². The summed E-state index contributed by atoms with van der Waals surface area (Å²) in [5, 5.41) is 0. The van der Waals surface area contributed by atoms with Crippen molar-refractivity contribution in [3.8, 4) is 0 Å². The van der Waals surface area contributed by atoms with E-state index < -0.39 is 0 Å². The summed E-state index contributed by atoms with van der Waals surface area (Å²) in [4.78, 5) is 11.1. The summed E-state index contributed by atoms with van der Waals surface area (Å²) in [6.07, 6.45) is 33.2. The summed E-state index contributed by atoms with van der Waals surface area (Å²) in [5.74, 6) is 0.407. The molecule has 0 aromatic carbocycles. The van der Waals surface area contributed by atoms with E-state index in [1.807, 2.05) is 20.8 Å². The number of ketones is 1. The predicted octanol–water partition coefficient (Wildman–Crippen LogP) is 8.33. The summed E-state index contributed by atoms with van der Waals surface area (Å²) in [7, 11) is 0. The molecule has 0 aliphatic heterocycles. The van der Waals surface area contributed by atoms with Crippen LogP contribution in [0.15, 0.2) is 72.9 Å². The van der Waals surface area contributed by atoms with E-state index in [9.17, 15) is 4.79 Å². The third-order valence-corrected chi connectivity index (χ3v) is 3.78. The van der Waals surface area contributed by atoms with Crippen molar-refractivity contribution in [3.63, 3.8) is 0 Å². The Morgan fingerprint density at radius 2 is 0.926 bits per heavy atom. The van der Waals surface area contributed by atoms with Crippen molar-refractivity contribution >= 4 is 5.78 Å². The Kier molecular flexibility index (Phi) is 24.4. The molecule has 1 unspecified atom stereocenters. The molecule has 0 heterocycles. The van der Waals surface area contributed by atoms with Gasteiger partial charge in [-0.2, -0.15) is 0 Å². The standard InChI is InChI=1S/C24H36O.C2H6/c1-4-5-6-7-8-9-10-11-12-13-14-15-16-17-18-19-20-21-22-23(2)24(3)25;1-2/h5-6,8-9,11-12,14-15,17-18,20-21,23H,4,7,10,13,16,19,22H2,1-3H3;1-2H3/b6-5-,9-8-,12-11-,15-14-,18-17-,21-20-;. The topological polar surface area (TPSA) is 17.1 Å². The van der Waals surface area contributed by atoms with Crippen molar-refractivity contribution in [3.05, 3.63) is 72.9 Å². The van der Waals surface area contributed by atoms with Gasteiger partial charge in [0.05, 0.1) is 0 Å². The van der Waals surface area contributed by atoms with Crippen molar-refractivity contribution in [1.29, 1.82) is 0 Å². The second kappa shape index (κ2) is 24.1. The third kappa shape index (κ3) is 24.1. The summed E-state index contributed by atoms with van der Waals surface area (Å²) in [5.41, 5.74) is 0. The van der Waals surface area contributed by atoms with Crippen LogP contribution in [-0.2, 0) is 4.79 Å². The van der Waals surface area contributed by atoms with Gasteiger partial charge in [0.2, 0.25) is 0 Å². The van der Waals surface area contributed by atoms with Gasteiger partial charge in [-0.1, -0.05) is 101 Å². The fraction of sp³-hybridized carbons (Fsp3) is 0.500. The first-order valence-corrected chi connectivity index (χ1v) is 10.6. The lowest BCUT2D eigenvalue weighted by molar-refractivity contribution is -0.120. The molecule has 0 amide bonds. The number of rotatable bonds is 14. The van der Waals surface area contributed by atoms with Crippen molar-refractivity contribution < 1.29 is 4.79 Å². The molecular formula is C26H42O. The summed E-state index contributed by atoms with van der Waals surface area (Å²) in [6, 6.07) is 0. The maximum atomic E-state index is 11.1. The first kappa shape index (κ1) is 27.3.